The van der Waals surface area contributed by atoms with E-state index in [1.807, 2.05) is 13.8 Å². The Kier molecular flexibility index (Phi) is 6.02. The Labute approximate surface area is 118 Å². The number of nitrogens with zero attached hydrogens (tertiary/aromatic N) is 2. The number of aromatic amines is 1. The fraction of sp³-hybridized carbons (Fsp3) is 0.615. The van der Waals surface area contributed by atoms with Gasteiger partial charge in [0.25, 0.3) is 0 Å². The largest absolute Gasteiger partial charge is 0.409 e. The minimum absolute atomic E-state index is 0.0361. The number of amides is 1. The minimum Gasteiger partial charge on any atom is -0.409 e. The third-order valence-corrected chi connectivity index (χ3v) is 3.67. The second-order valence-electron chi connectivity index (χ2n) is 4.67. The van der Waals surface area contributed by atoms with E-state index in [1.54, 1.807) is 12.4 Å². The number of H-pyrrole nitrogens is 1. The van der Waals surface area contributed by atoms with Crippen LogP contribution in [0, 0.1) is 5.41 Å². The van der Waals surface area contributed by atoms with Gasteiger partial charge in [-0.25, -0.2) is 4.98 Å². The number of nitrogens with two attached hydrogens (primary N) is 1. The number of aryl methyl sites for hydroxylation is 1. The SMILES string of the molecule is CCC(CC)(C(=O)NCCCc1ncc[nH]1)/C(N)=N/O. The van der Waals surface area contributed by atoms with Crippen molar-refractivity contribution in [1.29, 1.82) is 0 Å². The molecule has 20 heavy (non-hydrogen) atoms. The standard InChI is InChI=1S/C13H23N5O2/c1-3-13(4-2,11(14)18-20)12(19)17-7-5-6-10-15-8-9-16-10/h8-9,20H,3-7H2,1-2H3,(H2,14,18)(H,15,16)(H,17,19). The average Bonchev–Trinajstić information content (AvgIpc) is 2.98. The number of nitrogens with one attached hydrogen (secondary N) is 2. The molecule has 0 saturated carbocycles. The van der Waals surface area contributed by atoms with Gasteiger partial charge in [-0.05, 0) is 19.3 Å². The molecule has 0 saturated heterocycles. The molecule has 7 nitrogen and oxygen atoms in total. The summed E-state index contributed by atoms with van der Waals surface area (Å²) in [6.45, 7) is 4.23. The molecule has 1 heterocycles. The van der Waals surface area contributed by atoms with Crippen molar-refractivity contribution in [3.8, 4) is 0 Å². The predicted molar refractivity (Wildman–Crippen MR) is 76.3 cm³/mol. The van der Waals surface area contributed by atoms with Crippen molar-refractivity contribution < 1.29 is 10.0 Å². The van der Waals surface area contributed by atoms with E-state index in [4.69, 9.17) is 10.9 Å². The van der Waals surface area contributed by atoms with Crippen molar-refractivity contribution in [1.82, 2.24) is 15.3 Å². The summed E-state index contributed by atoms with van der Waals surface area (Å²) >= 11 is 0. The Morgan fingerprint density at radius 1 is 1.55 bits per heavy atom. The quantitative estimate of drug-likeness (QED) is 0.187. The highest BCUT2D eigenvalue weighted by Crippen LogP contribution is 2.26. The topological polar surface area (TPSA) is 116 Å². The van der Waals surface area contributed by atoms with Crippen molar-refractivity contribution in [3.05, 3.63) is 18.2 Å². The molecule has 1 rings (SSSR count). The molecule has 0 aliphatic carbocycles. The highest BCUT2D eigenvalue weighted by molar-refractivity contribution is 6.06. The van der Waals surface area contributed by atoms with Crippen LogP contribution in [0.15, 0.2) is 17.5 Å². The number of hydrogen-bond acceptors (Lipinski definition) is 4. The van der Waals surface area contributed by atoms with Gasteiger partial charge in [0.2, 0.25) is 5.91 Å². The molecule has 0 aliphatic rings. The Bertz CT molecular complexity index is 438. The molecule has 1 amide bonds. The molecule has 1 aromatic rings. The molecule has 0 atom stereocenters. The van der Waals surface area contributed by atoms with Crippen LogP contribution in [0.2, 0.25) is 0 Å². The van der Waals surface area contributed by atoms with E-state index in [9.17, 15) is 4.79 Å². The van der Waals surface area contributed by atoms with Crippen molar-refractivity contribution in [2.75, 3.05) is 6.54 Å². The third-order valence-electron chi connectivity index (χ3n) is 3.67. The number of rotatable bonds is 8. The first kappa shape index (κ1) is 16.0. The summed E-state index contributed by atoms with van der Waals surface area (Å²) in [5.74, 6) is 0.663. The number of aromatic nitrogens is 2. The van der Waals surface area contributed by atoms with Gasteiger partial charge in [-0.3, -0.25) is 4.79 Å². The van der Waals surface area contributed by atoms with Crippen LogP contribution in [0.5, 0.6) is 0 Å². The minimum atomic E-state index is -0.931. The maximum absolute atomic E-state index is 12.3. The summed E-state index contributed by atoms with van der Waals surface area (Å²) in [5.41, 5.74) is 4.75. The highest BCUT2D eigenvalue weighted by atomic mass is 16.4. The molecule has 0 fully saturated rings. The van der Waals surface area contributed by atoms with E-state index in [0.717, 1.165) is 18.7 Å². The van der Waals surface area contributed by atoms with Gasteiger partial charge in [0.15, 0.2) is 5.84 Å². The number of carbonyl (C=O) groups is 1. The molecule has 5 N–H and O–H groups in total. The van der Waals surface area contributed by atoms with Crippen LogP contribution in [-0.2, 0) is 11.2 Å². The summed E-state index contributed by atoms with van der Waals surface area (Å²) in [6.07, 6.45) is 5.99. The number of oxime groups is 1. The van der Waals surface area contributed by atoms with E-state index in [2.05, 4.69) is 20.4 Å². The van der Waals surface area contributed by atoms with E-state index in [0.29, 0.717) is 19.4 Å². The zero-order chi connectivity index (χ0) is 15.0. The first-order valence-electron chi connectivity index (χ1n) is 6.85. The number of amidine groups is 1. The van der Waals surface area contributed by atoms with E-state index < -0.39 is 5.41 Å². The number of imidazole rings is 1. The normalized spacial score (nSPS) is 12.4. The van der Waals surface area contributed by atoms with Gasteiger partial charge in [-0.2, -0.15) is 0 Å². The summed E-state index contributed by atoms with van der Waals surface area (Å²) in [4.78, 5) is 19.4. The van der Waals surface area contributed by atoms with Crippen LogP contribution < -0.4 is 11.1 Å². The molecule has 0 radical (unpaired) electrons. The maximum Gasteiger partial charge on any atom is 0.233 e. The smallest absolute Gasteiger partial charge is 0.233 e. The number of carbonyl (C=O) groups excluding carboxylic acids is 1. The predicted octanol–water partition coefficient (Wildman–Crippen LogP) is 1.01. The summed E-state index contributed by atoms with van der Waals surface area (Å²) in [6, 6.07) is 0. The molecule has 0 spiro atoms. The van der Waals surface area contributed by atoms with Crippen LogP contribution in [0.3, 0.4) is 0 Å². The van der Waals surface area contributed by atoms with Crippen LogP contribution >= 0.6 is 0 Å². The Morgan fingerprint density at radius 3 is 2.75 bits per heavy atom. The van der Waals surface area contributed by atoms with Crippen molar-refractivity contribution in [3.63, 3.8) is 0 Å². The second-order valence-corrected chi connectivity index (χ2v) is 4.67. The zero-order valence-electron chi connectivity index (χ0n) is 12.0. The van der Waals surface area contributed by atoms with Crippen LogP contribution in [0.4, 0.5) is 0 Å². The lowest BCUT2D eigenvalue weighted by atomic mass is 9.80. The van der Waals surface area contributed by atoms with Crippen molar-refractivity contribution in [2.45, 2.75) is 39.5 Å². The lowest BCUT2D eigenvalue weighted by Gasteiger charge is -2.28. The summed E-state index contributed by atoms with van der Waals surface area (Å²) in [7, 11) is 0. The van der Waals surface area contributed by atoms with Gasteiger partial charge in [0.1, 0.15) is 11.2 Å². The van der Waals surface area contributed by atoms with Crippen molar-refractivity contribution in [2.24, 2.45) is 16.3 Å². The Morgan fingerprint density at radius 2 is 2.25 bits per heavy atom. The summed E-state index contributed by atoms with van der Waals surface area (Å²) in [5, 5.41) is 14.7. The fourth-order valence-corrected chi connectivity index (χ4v) is 2.21. The molecule has 0 aromatic carbocycles. The Balaban J connectivity index is 2.50. The van der Waals surface area contributed by atoms with Crippen LogP contribution in [-0.4, -0.2) is 33.5 Å². The number of hydrogen-bond donors (Lipinski definition) is 4. The van der Waals surface area contributed by atoms with Gasteiger partial charge in [-0.15, -0.1) is 0 Å². The lowest BCUT2D eigenvalue weighted by molar-refractivity contribution is -0.128. The third kappa shape index (κ3) is 3.49. The van der Waals surface area contributed by atoms with E-state index in [1.165, 1.54) is 0 Å². The molecule has 7 heteroatoms. The van der Waals surface area contributed by atoms with Gasteiger partial charge in [0, 0.05) is 25.4 Å². The van der Waals surface area contributed by atoms with Gasteiger partial charge < -0.3 is 21.2 Å². The fourth-order valence-electron chi connectivity index (χ4n) is 2.21. The first-order chi connectivity index (χ1) is 9.60. The lowest BCUT2D eigenvalue weighted by Crippen LogP contribution is -2.49. The molecule has 1 aromatic heterocycles. The molecule has 0 bridgehead atoms. The van der Waals surface area contributed by atoms with Gasteiger partial charge in [-0.1, -0.05) is 19.0 Å². The highest BCUT2D eigenvalue weighted by Gasteiger charge is 2.39. The average molecular weight is 281 g/mol. The molecular formula is C13H23N5O2. The molecule has 0 unspecified atom stereocenters. The van der Waals surface area contributed by atoms with Gasteiger partial charge in [0.05, 0.1) is 0 Å². The summed E-state index contributed by atoms with van der Waals surface area (Å²) < 4.78 is 0. The van der Waals surface area contributed by atoms with E-state index in [-0.39, 0.29) is 11.7 Å². The van der Waals surface area contributed by atoms with Gasteiger partial charge >= 0.3 is 0 Å². The molecule has 112 valence electrons. The maximum atomic E-state index is 12.3. The van der Waals surface area contributed by atoms with E-state index >= 15 is 0 Å². The Hall–Kier alpha value is -2.05. The molecular weight excluding hydrogens is 258 g/mol. The monoisotopic (exact) mass is 281 g/mol. The molecule has 0 aliphatic heterocycles. The van der Waals surface area contributed by atoms with Crippen LogP contribution in [0.25, 0.3) is 0 Å². The second kappa shape index (κ2) is 7.52. The zero-order valence-corrected chi connectivity index (χ0v) is 12.0. The first-order valence-corrected chi connectivity index (χ1v) is 6.85. The van der Waals surface area contributed by atoms with Crippen LogP contribution in [0.1, 0.15) is 38.9 Å². The van der Waals surface area contributed by atoms with Crippen molar-refractivity contribution >= 4 is 11.7 Å².